The second-order valence-electron chi connectivity index (χ2n) is 6.37. The molecule has 6 nitrogen and oxygen atoms in total. The van der Waals surface area contributed by atoms with Crippen LogP contribution in [0.1, 0.15) is 33.3 Å². The van der Waals surface area contributed by atoms with Crippen LogP contribution in [0, 0.1) is 0 Å². The van der Waals surface area contributed by atoms with Crippen molar-refractivity contribution in [2.45, 2.75) is 44.6 Å². The Bertz CT molecular complexity index is 832. The highest BCUT2D eigenvalue weighted by Gasteiger charge is 2.22. The summed E-state index contributed by atoms with van der Waals surface area (Å²) in [7, 11) is -3.61. The third-order valence-corrected chi connectivity index (χ3v) is 5.00. The quantitative estimate of drug-likeness (QED) is 0.789. The summed E-state index contributed by atoms with van der Waals surface area (Å²) in [6.45, 7) is 7.36. The zero-order valence-electron chi connectivity index (χ0n) is 14.1. The molecule has 0 saturated carbocycles. The van der Waals surface area contributed by atoms with E-state index >= 15 is 0 Å². The van der Waals surface area contributed by atoms with Crippen LogP contribution in [0.2, 0.25) is 5.28 Å². The van der Waals surface area contributed by atoms with Crippen molar-refractivity contribution >= 4 is 33.1 Å². The first-order chi connectivity index (χ1) is 11.1. The largest absolute Gasteiger partial charge is 0.340 e. The zero-order chi connectivity index (χ0) is 18.0. The van der Waals surface area contributed by atoms with E-state index in [-0.39, 0.29) is 10.2 Å². The van der Waals surface area contributed by atoms with Gasteiger partial charge in [-0.25, -0.2) is 23.1 Å². The molecule has 24 heavy (non-hydrogen) atoms. The Labute approximate surface area is 147 Å². The predicted octanol–water partition coefficient (Wildman–Crippen LogP) is 3.51. The number of nitrogens with zero attached hydrogens (tertiary/aromatic N) is 2. The molecule has 0 aliphatic heterocycles. The first-order valence-electron chi connectivity index (χ1n) is 7.53. The molecule has 130 valence electrons. The van der Waals surface area contributed by atoms with Crippen molar-refractivity contribution in [3.05, 3.63) is 41.3 Å². The molecule has 1 heterocycles. The summed E-state index contributed by atoms with van der Waals surface area (Å²) in [5.74, 6) is 0.566. The third-order valence-electron chi connectivity index (χ3n) is 3.06. The second kappa shape index (κ2) is 7.04. The highest BCUT2D eigenvalue weighted by atomic mass is 35.5. The Morgan fingerprint density at radius 2 is 1.96 bits per heavy atom. The molecule has 2 aromatic rings. The molecule has 1 aromatic heterocycles. The Hall–Kier alpha value is -1.70. The van der Waals surface area contributed by atoms with Gasteiger partial charge in [-0.2, -0.15) is 0 Å². The molecule has 2 rings (SSSR count). The fourth-order valence-corrected chi connectivity index (χ4v) is 3.69. The van der Waals surface area contributed by atoms with Crippen molar-refractivity contribution < 1.29 is 8.42 Å². The lowest BCUT2D eigenvalue weighted by molar-refractivity contribution is 0.491. The van der Waals surface area contributed by atoms with E-state index < -0.39 is 15.6 Å². The van der Waals surface area contributed by atoms with Gasteiger partial charge in [0.2, 0.25) is 15.3 Å². The van der Waals surface area contributed by atoms with Gasteiger partial charge in [0.25, 0.3) is 0 Å². The number of hydrogen-bond donors (Lipinski definition) is 2. The molecule has 2 N–H and O–H groups in total. The lowest BCUT2D eigenvalue weighted by Crippen LogP contribution is -2.40. The predicted molar refractivity (Wildman–Crippen MR) is 96.2 cm³/mol. The summed E-state index contributed by atoms with van der Waals surface area (Å²) in [5, 5.41) is 3.24. The minimum absolute atomic E-state index is 0.132. The first kappa shape index (κ1) is 18.6. The van der Waals surface area contributed by atoms with Gasteiger partial charge in [0.15, 0.2) is 0 Å². The fraction of sp³-hybridized carbons (Fsp3) is 0.375. The van der Waals surface area contributed by atoms with Crippen molar-refractivity contribution in [3.63, 3.8) is 0 Å². The lowest BCUT2D eigenvalue weighted by atomic mass is 10.1. The second-order valence-corrected chi connectivity index (χ2v) is 8.40. The van der Waals surface area contributed by atoms with Crippen molar-refractivity contribution in [1.29, 1.82) is 0 Å². The van der Waals surface area contributed by atoms with Crippen molar-refractivity contribution in [2.75, 3.05) is 5.32 Å². The third kappa shape index (κ3) is 4.90. The van der Waals surface area contributed by atoms with Gasteiger partial charge in [-0.15, -0.1) is 0 Å². The molecular weight excluding hydrogens is 348 g/mol. The van der Waals surface area contributed by atoms with Crippen LogP contribution in [0.4, 0.5) is 11.5 Å². The summed E-state index contributed by atoms with van der Waals surface area (Å²) >= 11 is 5.85. The molecular formula is C16H21ClN4O2S. The first-order valence-corrected chi connectivity index (χ1v) is 9.39. The summed E-state index contributed by atoms with van der Waals surface area (Å²) in [4.78, 5) is 8.31. The van der Waals surface area contributed by atoms with Crippen LogP contribution in [-0.4, -0.2) is 23.9 Å². The van der Waals surface area contributed by atoms with Gasteiger partial charge < -0.3 is 5.32 Å². The molecule has 0 aliphatic carbocycles. The number of benzene rings is 1. The molecule has 0 amide bonds. The normalized spacial score (nSPS) is 12.2. The Morgan fingerprint density at radius 1 is 1.25 bits per heavy atom. The lowest BCUT2D eigenvalue weighted by Gasteiger charge is -2.20. The number of anilines is 2. The monoisotopic (exact) mass is 368 g/mol. The van der Waals surface area contributed by atoms with E-state index in [1.165, 1.54) is 0 Å². The average molecular weight is 369 g/mol. The maximum Gasteiger partial charge on any atom is 0.241 e. The number of halogens is 1. The van der Waals surface area contributed by atoms with Crippen molar-refractivity contribution in [3.8, 4) is 0 Å². The number of nitrogens with one attached hydrogen (secondary N) is 2. The van der Waals surface area contributed by atoms with Crippen LogP contribution in [-0.2, 0) is 16.4 Å². The molecule has 0 atom stereocenters. The van der Waals surface area contributed by atoms with E-state index in [0.717, 1.165) is 12.0 Å². The molecule has 1 aromatic carbocycles. The van der Waals surface area contributed by atoms with E-state index in [2.05, 4.69) is 20.0 Å². The van der Waals surface area contributed by atoms with E-state index in [1.54, 1.807) is 51.2 Å². The van der Waals surface area contributed by atoms with Gasteiger partial charge in [0.1, 0.15) is 5.82 Å². The summed E-state index contributed by atoms with van der Waals surface area (Å²) in [5.41, 5.74) is 0.939. The van der Waals surface area contributed by atoms with Crippen LogP contribution in [0.3, 0.4) is 0 Å². The zero-order valence-corrected chi connectivity index (χ0v) is 15.7. The highest BCUT2D eigenvalue weighted by molar-refractivity contribution is 7.89. The maximum atomic E-state index is 12.4. The molecule has 0 aliphatic rings. The van der Waals surface area contributed by atoms with E-state index in [4.69, 9.17) is 11.6 Å². The van der Waals surface area contributed by atoms with Crippen molar-refractivity contribution in [2.24, 2.45) is 0 Å². The van der Waals surface area contributed by atoms with Crippen molar-refractivity contribution in [1.82, 2.24) is 14.7 Å². The van der Waals surface area contributed by atoms with Crippen LogP contribution < -0.4 is 10.0 Å². The molecule has 0 radical (unpaired) electrons. The van der Waals surface area contributed by atoms with Gasteiger partial charge in [-0.3, -0.25) is 0 Å². The Balaban J connectivity index is 2.34. The molecule has 0 fully saturated rings. The van der Waals surface area contributed by atoms with Gasteiger partial charge in [-0.05, 0) is 57.0 Å². The number of aromatic nitrogens is 2. The van der Waals surface area contributed by atoms with E-state index in [0.29, 0.717) is 11.5 Å². The van der Waals surface area contributed by atoms with Gasteiger partial charge in [0, 0.05) is 23.0 Å². The molecule has 0 saturated heterocycles. The minimum atomic E-state index is -3.61. The molecule has 0 bridgehead atoms. The Morgan fingerprint density at radius 3 is 2.58 bits per heavy atom. The standard InChI is InChI=1S/C16H21ClN4O2S/c1-5-11-10-18-15(17)20-14(11)19-12-7-6-8-13(9-12)24(22,23)21-16(2,3)4/h6-10,21H,5H2,1-4H3,(H,18,19,20). The number of hydrogen-bond acceptors (Lipinski definition) is 5. The SMILES string of the molecule is CCc1cnc(Cl)nc1Nc1cccc(S(=O)(=O)NC(C)(C)C)c1. The summed E-state index contributed by atoms with van der Waals surface area (Å²) in [6, 6.07) is 6.55. The molecule has 8 heteroatoms. The summed E-state index contributed by atoms with van der Waals surface area (Å²) in [6.07, 6.45) is 2.38. The molecule has 0 spiro atoms. The minimum Gasteiger partial charge on any atom is -0.340 e. The fourth-order valence-electron chi connectivity index (χ4n) is 2.09. The van der Waals surface area contributed by atoms with Crippen LogP contribution in [0.25, 0.3) is 0 Å². The number of rotatable bonds is 5. The van der Waals surface area contributed by atoms with Gasteiger partial charge in [-0.1, -0.05) is 13.0 Å². The van der Waals surface area contributed by atoms with Gasteiger partial charge >= 0.3 is 0 Å². The van der Waals surface area contributed by atoms with Crippen LogP contribution in [0.5, 0.6) is 0 Å². The number of aryl methyl sites for hydroxylation is 1. The van der Waals surface area contributed by atoms with Crippen LogP contribution in [0.15, 0.2) is 35.4 Å². The highest BCUT2D eigenvalue weighted by Crippen LogP contribution is 2.23. The summed E-state index contributed by atoms with van der Waals surface area (Å²) < 4.78 is 27.5. The maximum absolute atomic E-state index is 12.4. The Kier molecular flexibility index (Phi) is 5.47. The van der Waals surface area contributed by atoms with E-state index in [1.807, 2.05) is 6.92 Å². The average Bonchev–Trinajstić information content (AvgIpc) is 2.45. The smallest absolute Gasteiger partial charge is 0.241 e. The van der Waals surface area contributed by atoms with Crippen LogP contribution >= 0.6 is 11.6 Å². The number of sulfonamides is 1. The van der Waals surface area contributed by atoms with Gasteiger partial charge in [0.05, 0.1) is 4.90 Å². The topological polar surface area (TPSA) is 84.0 Å². The van der Waals surface area contributed by atoms with E-state index in [9.17, 15) is 8.42 Å². The molecule has 0 unspecified atom stereocenters.